The SMILES string of the molecule is C=CCOc1ccc(C2/C(=C(\O)c3nc4c(C)cccn4c3C)C(=O)C(=O)N2CCOC)cc1. The number of aromatic nitrogens is 2. The van der Waals surface area contributed by atoms with Gasteiger partial charge in [-0.15, -0.1) is 0 Å². The van der Waals surface area contributed by atoms with Gasteiger partial charge >= 0.3 is 0 Å². The first-order chi connectivity index (χ1) is 16.4. The second kappa shape index (κ2) is 9.52. The van der Waals surface area contributed by atoms with Crippen molar-refractivity contribution in [3.05, 3.63) is 83.3 Å². The molecule has 1 N–H and O–H groups in total. The summed E-state index contributed by atoms with van der Waals surface area (Å²) in [6.07, 6.45) is 3.49. The third-order valence-electron chi connectivity index (χ3n) is 5.95. The number of ether oxygens (including phenoxy) is 2. The van der Waals surface area contributed by atoms with Crippen LogP contribution in [-0.4, -0.2) is 57.9 Å². The molecule has 0 radical (unpaired) electrons. The molecule has 0 aliphatic carbocycles. The minimum absolute atomic E-state index is 0.00465. The molecule has 1 atom stereocenters. The number of aliphatic hydroxyl groups is 1. The predicted octanol–water partition coefficient (Wildman–Crippen LogP) is 3.58. The average molecular weight is 462 g/mol. The van der Waals surface area contributed by atoms with E-state index in [0.717, 1.165) is 5.56 Å². The third-order valence-corrected chi connectivity index (χ3v) is 5.95. The molecule has 1 unspecified atom stereocenters. The zero-order chi connectivity index (χ0) is 24.4. The van der Waals surface area contributed by atoms with Crippen LogP contribution in [0.25, 0.3) is 11.4 Å². The van der Waals surface area contributed by atoms with Gasteiger partial charge in [0.05, 0.1) is 23.9 Å². The van der Waals surface area contributed by atoms with Gasteiger partial charge in [0, 0.05) is 19.9 Å². The minimum atomic E-state index is -0.783. The van der Waals surface area contributed by atoms with Crippen LogP contribution in [0.4, 0.5) is 0 Å². The summed E-state index contributed by atoms with van der Waals surface area (Å²) < 4.78 is 12.6. The van der Waals surface area contributed by atoms with Crippen LogP contribution in [0.1, 0.15) is 28.6 Å². The quantitative estimate of drug-likeness (QED) is 0.239. The number of fused-ring (bicyclic) bond motifs is 1. The standard InChI is InChI=1S/C26H27N3O5/c1-5-14-34-19-10-8-18(9-11-19)22-20(24(31)26(32)29(22)13-15-33-4)23(30)21-17(3)28-12-6-7-16(2)25(28)27-21/h5-12,22,30H,1,13-15H2,2-4H3/b23-20+. The molecule has 1 amide bonds. The first-order valence-electron chi connectivity index (χ1n) is 10.9. The molecule has 3 aromatic rings. The molecule has 8 heteroatoms. The van der Waals surface area contributed by atoms with Gasteiger partial charge in [-0.3, -0.25) is 9.59 Å². The largest absolute Gasteiger partial charge is 0.505 e. The molecule has 1 aromatic carbocycles. The summed E-state index contributed by atoms with van der Waals surface area (Å²) in [4.78, 5) is 32.2. The number of Topliss-reactive ketones (excluding diaryl/α,β-unsaturated/α-hetero) is 1. The fourth-order valence-electron chi connectivity index (χ4n) is 4.22. The van der Waals surface area contributed by atoms with Crippen LogP contribution >= 0.6 is 0 Å². The summed E-state index contributed by atoms with van der Waals surface area (Å²) in [5.74, 6) is -1.10. The Morgan fingerprint density at radius 3 is 2.59 bits per heavy atom. The number of methoxy groups -OCH3 is 1. The highest BCUT2D eigenvalue weighted by atomic mass is 16.5. The molecule has 1 saturated heterocycles. The molecular weight excluding hydrogens is 434 g/mol. The highest BCUT2D eigenvalue weighted by Crippen LogP contribution is 2.40. The maximum absolute atomic E-state index is 13.2. The fourth-order valence-corrected chi connectivity index (χ4v) is 4.22. The molecule has 1 aliphatic rings. The van der Waals surface area contributed by atoms with Crippen LogP contribution in [0.3, 0.4) is 0 Å². The van der Waals surface area contributed by atoms with Crippen molar-refractivity contribution >= 4 is 23.1 Å². The number of pyridine rings is 1. The van der Waals surface area contributed by atoms with E-state index in [-0.39, 0.29) is 30.2 Å². The van der Waals surface area contributed by atoms with Crippen molar-refractivity contribution in [1.82, 2.24) is 14.3 Å². The summed E-state index contributed by atoms with van der Waals surface area (Å²) >= 11 is 0. The molecule has 1 aliphatic heterocycles. The minimum Gasteiger partial charge on any atom is -0.505 e. The lowest BCUT2D eigenvalue weighted by molar-refractivity contribution is -0.140. The first-order valence-corrected chi connectivity index (χ1v) is 10.9. The normalized spacial score (nSPS) is 17.5. The number of nitrogens with zero attached hydrogens (tertiary/aromatic N) is 3. The number of carbonyl (C=O) groups is 2. The molecule has 4 rings (SSSR count). The molecule has 34 heavy (non-hydrogen) atoms. The van der Waals surface area contributed by atoms with Crippen LogP contribution < -0.4 is 4.74 Å². The van der Waals surface area contributed by atoms with E-state index >= 15 is 0 Å². The molecule has 8 nitrogen and oxygen atoms in total. The number of hydrogen-bond acceptors (Lipinski definition) is 6. The van der Waals surface area contributed by atoms with Gasteiger partial charge in [0.15, 0.2) is 5.76 Å². The van der Waals surface area contributed by atoms with Crippen molar-refractivity contribution in [3.8, 4) is 5.75 Å². The van der Waals surface area contributed by atoms with E-state index in [0.29, 0.717) is 29.3 Å². The Bertz CT molecular complexity index is 1290. The van der Waals surface area contributed by atoms with E-state index in [2.05, 4.69) is 11.6 Å². The van der Waals surface area contributed by atoms with Crippen molar-refractivity contribution in [2.45, 2.75) is 19.9 Å². The average Bonchev–Trinajstić information content (AvgIpc) is 3.31. The van der Waals surface area contributed by atoms with Gasteiger partial charge in [-0.05, 0) is 43.2 Å². The molecule has 0 bridgehead atoms. The lowest BCUT2D eigenvalue weighted by atomic mass is 9.96. The summed E-state index contributed by atoms with van der Waals surface area (Å²) in [5.41, 5.74) is 3.22. The number of carbonyl (C=O) groups excluding carboxylic acids is 2. The molecule has 176 valence electrons. The van der Waals surface area contributed by atoms with E-state index in [1.807, 2.05) is 36.6 Å². The number of rotatable bonds is 8. The Kier molecular flexibility index (Phi) is 6.51. The number of aliphatic hydroxyl groups excluding tert-OH is 1. The highest BCUT2D eigenvalue weighted by molar-refractivity contribution is 6.46. The summed E-state index contributed by atoms with van der Waals surface area (Å²) in [5, 5.41) is 11.4. The second-order valence-corrected chi connectivity index (χ2v) is 8.08. The van der Waals surface area contributed by atoms with Gasteiger partial charge in [-0.1, -0.05) is 30.9 Å². The second-order valence-electron chi connectivity index (χ2n) is 8.08. The van der Waals surface area contributed by atoms with Gasteiger partial charge in [0.1, 0.15) is 23.7 Å². The Morgan fingerprint density at radius 1 is 1.21 bits per heavy atom. The van der Waals surface area contributed by atoms with Crippen molar-refractivity contribution in [2.75, 3.05) is 26.9 Å². The lowest BCUT2D eigenvalue weighted by Gasteiger charge is -2.25. The van der Waals surface area contributed by atoms with Crippen LogP contribution in [0.15, 0.2) is 60.8 Å². The molecule has 3 heterocycles. The van der Waals surface area contributed by atoms with Crippen LogP contribution in [0.2, 0.25) is 0 Å². The molecule has 1 fully saturated rings. The van der Waals surface area contributed by atoms with Crippen molar-refractivity contribution in [1.29, 1.82) is 0 Å². The Hall–Kier alpha value is -3.91. The number of hydrogen-bond donors (Lipinski definition) is 1. The summed E-state index contributed by atoms with van der Waals surface area (Å²) in [7, 11) is 1.53. The zero-order valence-corrected chi connectivity index (χ0v) is 19.4. The van der Waals surface area contributed by atoms with Crippen LogP contribution in [0, 0.1) is 13.8 Å². The smallest absolute Gasteiger partial charge is 0.295 e. The molecule has 2 aromatic heterocycles. The molecular formula is C26H27N3O5. The number of ketones is 1. The van der Waals surface area contributed by atoms with E-state index < -0.39 is 17.7 Å². The Morgan fingerprint density at radius 2 is 1.94 bits per heavy atom. The van der Waals surface area contributed by atoms with E-state index in [1.54, 1.807) is 30.3 Å². The maximum Gasteiger partial charge on any atom is 0.295 e. The number of likely N-dealkylation sites (tertiary alicyclic amines) is 1. The number of aryl methyl sites for hydroxylation is 2. The monoisotopic (exact) mass is 461 g/mol. The maximum atomic E-state index is 13.2. The first kappa shape index (κ1) is 23.3. The molecule has 0 saturated carbocycles. The summed E-state index contributed by atoms with van der Waals surface area (Å²) in [6, 6.07) is 10.1. The van der Waals surface area contributed by atoms with E-state index in [4.69, 9.17) is 9.47 Å². The van der Waals surface area contributed by atoms with Crippen LogP contribution in [0.5, 0.6) is 5.75 Å². The van der Waals surface area contributed by atoms with Gasteiger partial charge < -0.3 is 23.9 Å². The topological polar surface area (TPSA) is 93.4 Å². The highest BCUT2D eigenvalue weighted by Gasteiger charge is 2.46. The van der Waals surface area contributed by atoms with Crippen molar-refractivity contribution in [3.63, 3.8) is 0 Å². The Labute approximate surface area is 197 Å². The van der Waals surface area contributed by atoms with Crippen LogP contribution in [-0.2, 0) is 14.3 Å². The number of imidazole rings is 1. The Balaban J connectivity index is 1.86. The van der Waals surface area contributed by atoms with E-state index in [9.17, 15) is 14.7 Å². The van der Waals surface area contributed by atoms with Gasteiger partial charge in [0.25, 0.3) is 11.7 Å². The lowest BCUT2D eigenvalue weighted by Crippen LogP contribution is -2.32. The molecule has 0 spiro atoms. The van der Waals surface area contributed by atoms with Crippen molar-refractivity contribution < 1.29 is 24.2 Å². The van der Waals surface area contributed by atoms with Gasteiger partial charge in [0.2, 0.25) is 0 Å². The van der Waals surface area contributed by atoms with Crippen molar-refractivity contribution in [2.24, 2.45) is 0 Å². The van der Waals surface area contributed by atoms with Gasteiger partial charge in [-0.25, -0.2) is 4.98 Å². The number of benzene rings is 1. The van der Waals surface area contributed by atoms with E-state index in [1.165, 1.54) is 12.0 Å². The third kappa shape index (κ3) is 3.97. The predicted molar refractivity (Wildman–Crippen MR) is 128 cm³/mol. The zero-order valence-electron chi connectivity index (χ0n) is 19.4. The fraction of sp³-hybridized carbons (Fsp3) is 0.269. The number of amides is 1. The van der Waals surface area contributed by atoms with Gasteiger partial charge in [-0.2, -0.15) is 0 Å². The summed E-state index contributed by atoms with van der Waals surface area (Å²) in [6.45, 7) is 8.18.